The van der Waals surface area contributed by atoms with Gasteiger partial charge in [0.05, 0.1) is 11.3 Å². The van der Waals surface area contributed by atoms with E-state index in [0.717, 1.165) is 37.1 Å². The summed E-state index contributed by atoms with van der Waals surface area (Å²) in [4.78, 5) is 40.2. The first-order chi connectivity index (χ1) is 14.5. The van der Waals surface area contributed by atoms with Gasteiger partial charge in [0.15, 0.2) is 0 Å². The zero-order valence-corrected chi connectivity index (χ0v) is 18.0. The number of thiophene rings is 1. The van der Waals surface area contributed by atoms with Gasteiger partial charge in [-0.05, 0) is 60.9 Å². The van der Waals surface area contributed by atoms with Crippen LogP contribution in [0.15, 0.2) is 30.3 Å². The molecule has 0 saturated carbocycles. The average molecular weight is 426 g/mol. The van der Waals surface area contributed by atoms with E-state index in [1.165, 1.54) is 34.6 Å². The minimum atomic E-state index is -0.277. The SMILES string of the molecule is CC[C@@H]1CCc2sc(C(=O)NNC(=O)Cc3ccc(N4CCCC4=O)cc3)cc2C1. The molecule has 4 rings (SSSR count). The van der Waals surface area contributed by atoms with Gasteiger partial charge in [-0.25, -0.2) is 0 Å². The molecule has 1 atom stereocenters. The van der Waals surface area contributed by atoms with Crippen LogP contribution >= 0.6 is 11.3 Å². The number of hydrogen-bond acceptors (Lipinski definition) is 4. The summed E-state index contributed by atoms with van der Waals surface area (Å²) in [5, 5.41) is 0. The molecule has 1 fully saturated rings. The second-order valence-corrected chi connectivity index (χ2v) is 9.21. The normalized spacial score (nSPS) is 18.2. The van der Waals surface area contributed by atoms with E-state index in [1.54, 1.807) is 4.90 Å². The molecular formula is C23H27N3O3S. The number of fused-ring (bicyclic) bond motifs is 1. The Labute approximate surface area is 180 Å². The van der Waals surface area contributed by atoms with Crippen molar-refractivity contribution in [2.45, 2.75) is 51.9 Å². The quantitative estimate of drug-likeness (QED) is 0.721. The molecule has 1 aliphatic carbocycles. The first-order valence-corrected chi connectivity index (χ1v) is 11.4. The molecule has 0 bridgehead atoms. The second-order valence-electron chi connectivity index (χ2n) is 8.07. The number of amides is 3. The van der Waals surface area contributed by atoms with Gasteiger partial charge in [0, 0.05) is 23.5 Å². The maximum absolute atomic E-state index is 12.4. The van der Waals surface area contributed by atoms with Crippen molar-refractivity contribution < 1.29 is 14.4 Å². The smallest absolute Gasteiger partial charge is 0.279 e. The number of aryl methyl sites for hydroxylation is 1. The Balaban J connectivity index is 1.28. The lowest BCUT2D eigenvalue weighted by Crippen LogP contribution is -2.42. The highest BCUT2D eigenvalue weighted by Crippen LogP contribution is 2.33. The van der Waals surface area contributed by atoms with Crippen molar-refractivity contribution in [3.63, 3.8) is 0 Å². The summed E-state index contributed by atoms with van der Waals surface area (Å²) in [5.74, 6) is 0.306. The molecule has 2 aromatic rings. The molecule has 0 spiro atoms. The summed E-state index contributed by atoms with van der Waals surface area (Å²) in [6.45, 7) is 2.96. The van der Waals surface area contributed by atoms with E-state index in [0.29, 0.717) is 17.2 Å². The summed E-state index contributed by atoms with van der Waals surface area (Å²) in [6, 6.07) is 9.40. The Morgan fingerprint density at radius 1 is 1.17 bits per heavy atom. The van der Waals surface area contributed by atoms with Crippen LogP contribution in [0.1, 0.15) is 58.3 Å². The van der Waals surface area contributed by atoms with Crippen LogP contribution in [0.3, 0.4) is 0 Å². The van der Waals surface area contributed by atoms with Crippen LogP contribution < -0.4 is 15.8 Å². The fourth-order valence-corrected chi connectivity index (χ4v) is 5.30. The predicted octanol–water partition coefficient (Wildman–Crippen LogP) is 3.39. The summed E-state index contributed by atoms with van der Waals surface area (Å²) in [5.41, 5.74) is 8.02. The Bertz CT molecular complexity index is 951. The standard InChI is InChI=1S/C23H27N3O3S/c1-2-15-7-10-19-17(12-15)14-20(30-19)23(29)25-24-21(27)13-16-5-8-18(9-6-16)26-11-3-4-22(26)28/h5-6,8-9,14-15H,2-4,7,10-13H2,1H3,(H,24,27)(H,25,29)/t15-/m1/s1. The molecule has 2 aliphatic rings. The molecule has 1 saturated heterocycles. The van der Waals surface area contributed by atoms with Gasteiger partial charge in [-0.15, -0.1) is 11.3 Å². The maximum atomic E-state index is 12.4. The number of nitrogens with zero attached hydrogens (tertiary/aromatic N) is 1. The minimum Gasteiger partial charge on any atom is -0.312 e. The first-order valence-electron chi connectivity index (χ1n) is 10.6. The van der Waals surface area contributed by atoms with Gasteiger partial charge in [-0.2, -0.15) is 0 Å². The van der Waals surface area contributed by atoms with Gasteiger partial charge >= 0.3 is 0 Å². The van der Waals surface area contributed by atoms with E-state index in [4.69, 9.17) is 0 Å². The minimum absolute atomic E-state index is 0.142. The number of nitrogens with one attached hydrogen (secondary N) is 2. The van der Waals surface area contributed by atoms with Crippen molar-refractivity contribution >= 4 is 34.7 Å². The fourth-order valence-electron chi connectivity index (χ4n) is 4.19. The number of anilines is 1. The van der Waals surface area contributed by atoms with E-state index in [2.05, 4.69) is 17.8 Å². The van der Waals surface area contributed by atoms with Gasteiger partial charge < -0.3 is 4.90 Å². The largest absolute Gasteiger partial charge is 0.312 e. The van der Waals surface area contributed by atoms with Crippen LogP contribution in [0.5, 0.6) is 0 Å². The lowest BCUT2D eigenvalue weighted by Gasteiger charge is -2.19. The van der Waals surface area contributed by atoms with Crippen molar-refractivity contribution in [3.05, 3.63) is 51.2 Å². The number of carbonyl (C=O) groups excluding carboxylic acids is 3. The molecular weight excluding hydrogens is 398 g/mol. The van der Waals surface area contributed by atoms with E-state index in [-0.39, 0.29) is 24.1 Å². The Morgan fingerprint density at radius 2 is 1.97 bits per heavy atom. The van der Waals surface area contributed by atoms with Crippen molar-refractivity contribution in [3.8, 4) is 0 Å². The van der Waals surface area contributed by atoms with Crippen LogP contribution in [0.2, 0.25) is 0 Å². The highest BCUT2D eigenvalue weighted by atomic mass is 32.1. The third-order valence-electron chi connectivity index (χ3n) is 5.99. The number of hydrazine groups is 1. The lowest BCUT2D eigenvalue weighted by molar-refractivity contribution is -0.121. The first kappa shape index (κ1) is 20.6. The highest BCUT2D eigenvalue weighted by molar-refractivity contribution is 7.14. The summed E-state index contributed by atoms with van der Waals surface area (Å²) in [6.07, 6.45) is 6.08. The predicted molar refractivity (Wildman–Crippen MR) is 117 cm³/mol. The van der Waals surface area contributed by atoms with Crippen molar-refractivity contribution in [2.24, 2.45) is 5.92 Å². The Kier molecular flexibility index (Phi) is 6.18. The van der Waals surface area contributed by atoms with E-state index >= 15 is 0 Å². The van der Waals surface area contributed by atoms with Crippen molar-refractivity contribution in [1.29, 1.82) is 0 Å². The van der Waals surface area contributed by atoms with Gasteiger partial charge in [0.2, 0.25) is 11.8 Å². The van der Waals surface area contributed by atoms with Crippen molar-refractivity contribution in [2.75, 3.05) is 11.4 Å². The second kappa shape index (κ2) is 9.00. The number of benzene rings is 1. The molecule has 7 heteroatoms. The van der Waals surface area contributed by atoms with E-state index < -0.39 is 0 Å². The van der Waals surface area contributed by atoms with Crippen LogP contribution in [-0.2, 0) is 28.9 Å². The maximum Gasteiger partial charge on any atom is 0.279 e. The number of carbonyl (C=O) groups is 3. The molecule has 1 aromatic carbocycles. The van der Waals surface area contributed by atoms with Crippen LogP contribution in [0.4, 0.5) is 5.69 Å². The van der Waals surface area contributed by atoms with Gasteiger partial charge in [-0.3, -0.25) is 25.2 Å². The molecule has 2 heterocycles. The Hall–Kier alpha value is -2.67. The molecule has 158 valence electrons. The van der Waals surface area contributed by atoms with E-state index in [1.807, 2.05) is 30.3 Å². The summed E-state index contributed by atoms with van der Waals surface area (Å²) in [7, 11) is 0. The van der Waals surface area contributed by atoms with Crippen LogP contribution in [0, 0.1) is 5.92 Å². The average Bonchev–Trinajstić information content (AvgIpc) is 3.38. The van der Waals surface area contributed by atoms with E-state index in [9.17, 15) is 14.4 Å². The number of hydrogen-bond donors (Lipinski definition) is 2. The number of rotatable bonds is 5. The highest BCUT2D eigenvalue weighted by Gasteiger charge is 2.23. The summed E-state index contributed by atoms with van der Waals surface area (Å²) >= 11 is 1.53. The molecule has 30 heavy (non-hydrogen) atoms. The zero-order valence-electron chi connectivity index (χ0n) is 17.2. The Morgan fingerprint density at radius 3 is 2.67 bits per heavy atom. The molecule has 0 unspecified atom stereocenters. The topological polar surface area (TPSA) is 78.5 Å². The summed E-state index contributed by atoms with van der Waals surface area (Å²) < 4.78 is 0. The van der Waals surface area contributed by atoms with Gasteiger partial charge in [0.1, 0.15) is 0 Å². The van der Waals surface area contributed by atoms with Crippen LogP contribution in [-0.4, -0.2) is 24.3 Å². The molecule has 2 N–H and O–H groups in total. The molecule has 3 amide bonds. The van der Waals surface area contributed by atoms with Crippen LogP contribution in [0.25, 0.3) is 0 Å². The molecule has 1 aromatic heterocycles. The zero-order chi connectivity index (χ0) is 21.1. The lowest BCUT2D eigenvalue weighted by atomic mass is 9.87. The third-order valence-corrected chi connectivity index (χ3v) is 7.22. The van der Waals surface area contributed by atoms with Gasteiger partial charge in [0.25, 0.3) is 5.91 Å². The van der Waals surface area contributed by atoms with Crippen molar-refractivity contribution in [1.82, 2.24) is 10.9 Å². The monoisotopic (exact) mass is 425 g/mol. The molecule has 0 radical (unpaired) electrons. The third kappa shape index (κ3) is 4.56. The fraction of sp³-hybridized carbons (Fsp3) is 0.435. The molecule has 1 aliphatic heterocycles. The van der Waals surface area contributed by atoms with Gasteiger partial charge in [-0.1, -0.05) is 25.5 Å². The molecule has 6 nitrogen and oxygen atoms in total.